The number of hydrogen-bond donors (Lipinski definition) is 1. The summed E-state index contributed by atoms with van der Waals surface area (Å²) in [7, 11) is 0. The second-order valence-electron chi connectivity index (χ2n) is 8.32. The Morgan fingerprint density at radius 3 is 2.20 bits per heavy atom. The van der Waals surface area contributed by atoms with Crippen LogP contribution < -0.4 is 14.8 Å². The molecule has 3 aromatic carbocycles. The fraction of sp³-hybridized carbons (Fsp3) is 0.321. The maximum absolute atomic E-state index is 12.9. The van der Waals surface area contributed by atoms with Crippen LogP contribution in [0, 0.1) is 0 Å². The monoisotopic (exact) mass is 474 g/mol. The summed E-state index contributed by atoms with van der Waals surface area (Å²) in [6.45, 7) is 5.64. The maximum Gasteiger partial charge on any atom is 0.261 e. The van der Waals surface area contributed by atoms with Gasteiger partial charge in [-0.25, -0.2) is 0 Å². The number of carbonyl (C=O) groups is 3. The highest BCUT2D eigenvalue weighted by Gasteiger charge is 2.32. The van der Waals surface area contributed by atoms with Crippen LogP contribution in [0.2, 0.25) is 0 Å². The second-order valence-corrected chi connectivity index (χ2v) is 8.32. The third-order valence-electron chi connectivity index (χ3n) is 5.99. The van der Waals surface area contributed by atoms with Crippen molar-refractivity contribution < 1.29 is 23.9 Å². The van der Waals surface area contributed by atoms with E-state index in [9.17, 15) is 14.4 Å². The molecule has 7 nitrogen and oxygen atoms in total. The van der Waals surface area contributed by atoms with E-state index in [4.69, 9.17) is 9.47 Å². The van der Waals surface area contributed by atoms with Gasteiger partial charge >= 0.3 is 0 Å². The molecular weight excluding hydrogens is 444 g/mol. The number of amides is 3. The fourth-order valence-electron chi connectivity index (χ4n) is 4.37. The molecule has 1 N–H and O–H groups in total. The Hall–Kier alpha value is -3.87. The minimum Gasteiger partial charge on any atom is -0.490 e. The summed E-state index contributed by atoms with van der Waals surface area (Å²) in [5, 5.41) is 4.50. The molecule has 3 amide bonds. The average molecular weight is 475 g/mol. The van der Waals surface area contributed by atoms with Crippen LogP contribution >= 0.6 is 0 Å². The van der Waals surface area contributed by atoms with Gasteiger partial charge in [-0.1, -0.05) is 30.3 Å². The Morgan fingerprint density at radius 2 is 1.54 bits per heavy atom. The largest absolute Gasteiger partial charge is 0.490 e. The molecule has 1 aliphatic heterocycles. The van der Waals surface area contributed by atoms with Crippen LogP contribution in [0.4, 0.5) is 0 Å². The summed E-state index contributed by atoms with van der Waals surface area (Å²) in [6.07, 6.45) is 1.29. The van der Waals surface area contributed by atoms with E-state index in [2.05, 4.69) is 5.32 Å². The lowest BCUT2D eigenvalue weighted by Crippen LogP contribution is -2.41. The molecule has 7 heteroatoms. The molecule has 0 atom stereocenters. The molecule has 0 unspecified atom stereocenters. The van der Waals surface area contributed by atoms with Crippen molar-refractivity contribution >= 4 is 28.5 Å². The van der Waals surface area contributed by atoms with E-state index in [1.807, 2.05) is 56.3 Å². The van der Waals surface area contributed by atoms with Crippen molar-refractivity contribution in [2.24, 2.45) is 0 Å². The van der Waals surface area contributed by atoms with Gasteiger partial charge in [0.15, 0.2) is 11.5 Å². The second kappa shape index (κ2) is 11.0. The van der Waals surface area contributed by atoms with Gasteiger partial charge in [0.05, 0.1) is 13.2 Å². The summed E-state index contributed by atoms with van der Waals surface area (Å²) in [4.78, 5) is 39.5. The highest BCUT2D eigenvalue weighted by atomic mass is 16.5. The first kappa shape index (κ1) is 24.3. The van der Waals surface area contributed by atoms with Gasteiger partial charge in [0.1, 0.15) is 0 Å². The normalized spacial score (nSPS) is 12.7. The first-order valence-corrected chi connectivity index (χ1v) is 12.1. The minimum absolute atomic E-state index is 0.111. The van der Waals surface area contributed by atoms with Gasteiger partial charge in [0, 0.05) is 36.0 Å². The average Bonchev–Trinajstić information content (AvgIpc) is 2.86. The third-order valence-corrected chi connectivity index (χ3v) is 5.99. The van der Waals surface area contributed by atoms with Crippen LogP contribution in [0.1, 0.15) is 53.0 Å². The number of ether oxygens (including phenoxy) is 2. The first-order valence-electron chi connectivity index (χ1n) is 12.1. The lowest BCUT2D eigenvalue weighted by molar-refractivity contribution is -0.121. The molecule has 182 valence electrons. The number of rotatable bonds is 11. The zero-order valence-electron chi connectivity index (χ0n) is 20.1. The fourth-order valence-corrected chi connectivity index (χ4v) is 4.37. The predicted molar refractivity (Wildman–Crippen MR) is 134 cm³/mol. The summed E-state index contributed by atoms with van der Waals surface area (Å²) in [6, 6.07) is 16.7. The van der Waals surface area contributed by atoms with Crippen molar-refractivity contribution in [2.75, 3.05) is 26.3 Å². The smallest absolute Gasteiger partial charge is 0.261 e. The molecule has 0 aliphatic carbocycles. The molecule has 0 fully saturated rings. The van der Waals surface area contributed by atoms with E-state index >= 15 is 0 Å². The third kappa shape index (κ3) is 5.29. The predicted octanol–water partition coefficient (Wildman–Crippen LogP) is 4.37. The van der Waals surface area contributed by atoms with E-state index in [-0.39, 0.29) is 30.7 Å². The van der Waals surface area contributed by atoms with Crippen molar-refractivity contribution in [2.45, 2.75) is 33.1 Å². The molecule has 3 aromatic rings. The van der Waals surface area contributed by atoms with Gasteiger partial charge in [-0.2, -0.15) is 0 Å². The van der Waals surface area contributed by atoms with Crippen molar-refractivity contribution in [3.8, 4) is 11.5 Å². The van der Waals surface area contributed by atoms with Crippen molar-refractivity contribution in [3.63, 3.8) is 0 Å². The molecule has 0 bridgehead atoms. The van der Waals surface area contributed by atoms with Gasteiger partial charge < -0.3 is 14.8 Å². The number of benzene rings is 3. The van der Waals surface area contributed by atoms with E-state index in [0.717, 1.165) is 10.9 Å². The van der Waals surface area contributed by atoms with Crippen LogP contribution in [-0.4, -0.2) is 48.9 Å². The van der Waals surface area contributed by atoms with E-state index < -0.39 is 0 Å². The molecule has 4 rings (SSSR count). The quantitative estimate of drug-likeness (QED) is 0.417. The highest BCUT2D eigenvalue weighted by molar-refractivity contribution is 6.25. The molecule has 0 saturated carbocycles. The summed E-state index contributed by atoms with van der Waals surface area (Å²) in [5.74, 6) is 0.690. The molecule has 1 aliphatic rings. The van der Waals surface area contributed by atoms with Crippen LogP contribution in [0.5, 0.6) is 11.5 Å². The zero-order chi connectivity index (χ0) is 24.8. The number of nitrogens with zero attached hydrogens (tertiary/aromatic N) is 1. The van der Waals surface area contributed by atoms with Gasteiger partial charge in [-0.05, 0) is 61.9 Å². The Balaban J connectivity index is 1.27. The van der Waals surface area contributed by atoms with Gasteiger partial charge in [0.2, 0.25) is 5.91 Å². The van der Waals surface area contributed by atoms with Crippen LogP contribution in [0.15, 0.2) is 54.6 Å². The Kier molecular flexibility index (Phi) is 7.65. The molecule has 0 aromatic heterocycles. The van der Waals surface area contributed by atoms with E-state index in [0.29, 0.717) is 60.6 Å². The number of carbonyl (C=O) groups excluding carboxylic acids is 3. The Morgan fingerprint density at radius 1 is 0.886 bits per heavy atom. The van der Waals surface area contributed by atoms with Gasteiger partial charge in [-0.15, -0.1) is 0 Å². The van der Waals surface area contributed by atoms with Crippen molar-refractivity contribution in [1.29, 1.82) is 0 Å². The molecule has 35 heavy (non-hydrogen) atoms. The maximum atomic E-state index is 12.9. The molecule has 0 saturated heterocycles. The summed E-state index contributed by atoms with van der Waals surface area (Å²) < 4.78 is 11.2. The van der Waals surface area contributed by atoms with Crippen molar-refractivity contribution in [3.05, 3.63) is 71.3 Å². The standard InChI is InChI=1S/C28H30N2O5/c1-3-34-23-14-13-19(18-24(23)35-4-2)15-16-29-25(31)12-7-17-30-27(32)21-10-5-8-20-9-6-11-22(26(20)21)28(30)33/h5-6,8-11,13-14,18H,3-4,7,12,15-17H2,1-2H3,(H,29,31). The minimum atomic E-state index is -0.305. The van der Waals surface area contributed by atoms with Crippen LogP contribution in [0.25, 0.3) is 10.8 Å². The Labute approximate surface area is 205 Å². The number of hydrogen-bond acceptors (Lipinski definition) is 5. The van der Waals surface area contributed by atoms with Crippen LogP contribution in [0.3, 0.4) is 0 Å². The summed E-state index contributed by atoms with van der Waals surface area (Å²) in [5.41, 5.74) is 2.10. The molecule has 0 radical (unpaired) electrons. The molecule has 0 spiro atoms. The van der Waals surface area contributed by atoms with Gasteiger partial charge in [0.25, 0.3) is 11.8 Å². The summed E-state index contributed by atoms with van der Waals surface area (Å²) >= 11 is 0. The highest BCUT2D eigenvalue weighted by Crippen LogP contribution is 2.30. The topological polar surface area (TPSA) is 84.9 Å². The zero-order valence-corrected chi connectivity index (χ0v) is 20.1. The SMILES string of the molecule is CCOc1ccc(CCNC(=O)CCCN2C(=O)c3cccc4cccc(c34)C2=O)cc1OCC. The molecule has 1 heterocycles. The lowest BCUT2D eigenvalue weighted by Gasteiger charge is -2.27. The van der Waals surface area contributed by atoms with Gasteiger partial charge in [-0.3, -0.25) is 19.3 Å². The number of nitrogens with one attached hydrogen (secondary N) is 1. The lowest BCUT2D eigenvalue weighted by atomic mass is 9.94. The van der Waals surface area contributed by atoms with Crippen LogP contribution in [-0.2, 0) is 11.2 Å². The van der Waals surface area contributed by atoms with Crippen molar-refractivity contribution in [1.82, 2.24) is 10.2 Å². The number of imide groups is 1. The first-order chi connectivity index (χ1) is 17.0. The van der Waals surface area contributed by atoms with E-state index in [1.165, 1.54) is 4.90 Å². The molecular formula is C28H30N2O5. The van der Waals surface area contributed by atoms with E-state index in [1.54, 1.807) is 12.1 Å². The Bertz CT molecular complexity index is 1200.